The summed E-state index contributed by atoms with van der Waals surface area (Å²) in [6.45, 7) is 0.644. The number of likely N-dealkylation sites (tertiary alicyclic amines) is 1. The van der Waals surface area contributed by atoms with Crippen molar-refractivity contribution in [3.63, 3.8) is 0 Å². The fourth-order valence-electron chi connectivity index (χ4n) is 3.22. The summed E-state index contributed by atoms with van der Waals surface area (Å²) in [7, 11) is 0. The van der Waals surface area contributed by atoms with Gasteiger partial charge in [0.05, 0.1) is 18.2 Å². The minimum Gasteiger partial charge on any atom is -0.394 e. The maximum atomic E-state index is 13.4. The van der Waals surface area contributed by atoms with E-state index < -0.39 is 5.82 Å². The Labute approximate surface area is 146 Å². The van der Waals surface area contributed by atoms with Gasteiger partial charge in [0.15, 0.2) is 0 Å². The molecule has 0 spiro atoms. The molecular formula is C20H19FN2O2. The molecule has 0 aromatic heterocycles. The van der Waals surface area contributed by atoms with Gasteiger partial charge in [-0.3, -0.25) is 4.79 Å². The van der Waals surface area contributed by atoms with Crippen LogP contribution in [0.2, 0.25) is 0 Å². The minimum absolute atomic E-state index is 0.00300. The van der Waals surface area contributed by atoms with Gasteiger partial charge in [-0.1, -0.05) is 18.2 Å². The van der Waals surface area contributed by atoms with Crippen molar-refractivity contribution >= 4 is 5.91 Å². The van der Waals surface area contributed by atoms with Gasteiger partial charge in [-0.15, -0.1) is 0 Å². The molecule has 1 atom stereocenters. The standard InChI is InChI=1S/C20H19FN2O2/c21-19-9-8-16(11-17(19)12-22)14-4-6-15(7-5-14)20(25)23-10-2-1-3-18(23)13-24/h4-9,11,18,24H,1-3,10,13H2/t18-/m1/s1. The number of piperidine rings is 1. The van der Waals surface area contributed by atoms with Crippen molar-refractivity contribution in [2.45, 2.75) is 25.3 Å². The molecule has 3 rings (SSSR count). The lowest BCUT2D eigenvalue weighted by molar-refractivity contribution is 0.0503. The summed E-state index contributed by atoms with van der Waals surface area (Å²) in [5.41, 5.74) is 2.09. The summed E-state index contributed by atoms with van der Waals surface area (Å²) in [6.07, 6.45) is 2.80. The molecule has 0 saturated carbocycles. The fraction of sp³-hybridized carbons (Fsp3) is 0.300. The van der Waals surface area contributed by atoms with Gasteiger partial charge in [-0.2, -0.15) is 5.26 Å². The van der Waals surface area contributed by atoms with Crippen molar-refractivity contribution in [2.75, 3.05) is 13.2 Å². The Morgan fingerprint density at radius 1 is 1.20 bits per heavy atom. The maximum absolute atomic E-state index is 13.4. The quantitative estimate of drug-likeness (QED) is 0.933. The van der Waals surface area contributed by atoms with Crippen molar-refractivity contribution < 1.29 is 14.3 Å². The van der Waals surface area contributed by atoms with Crippen molar-refractivity contribution in [1.82, 2.24) is 4.90 Å². The average molecular weight is 338 g/mol. The first-order valence-corrected chi connectivity index (χ1v) is 8.36. The van der Waals surface area contributed by atoms with E-state index in [1.807, 2.05) is 6.07 Å². The van der Waals surface area contributed by atoms with E-state index in [0.29, 0.717) is 12.1 Å². The van der Waals surface area contributed by atoms with Crippen LogP contribution in [0.25, 0.3) is 11.1 Å². The highest BCUT2D eigenvalue weighted by Gasteiger charge is 2.26. The van der Waals surface area contributed by atoms with E-state index in [9.17, 15) is 14.3 Å². The van der Waals surface area contributed by atoms with E-state index >= 15 is 0 Å². The molecule has 128 valence electrons. The largest absolute Gasteiger partial charge is 0.394 e. The maximum Gasteiger partial charge on any atom is 0.254 e. The van der Waals surface area contributed by atoms with E-state index in [0.717, 1.165) is 30.4 Å². The van der Waals surface area contributed by atoms with Crippen LogP contribution in [0, 0.1) is 17.1 Å². The molecule has 1 fully saturated rings. The van der Waals surface area contributed by atoms with Crippen molar-refractivity contribution in [2.24, 2.45) is 0 Å². The van der Waals surface area contributed by atoms with Crippen molar-refractivity contribution in [3.8, 4) is 17.2 Å². The topological polar surface area (TPSA) is 64.3 Å². The molecule has 1 aliphatic heterocycles. The lowest BCUT2D eigenvalue weighted by Gasteiger charge is -2.34. The molecule has 0 unspecified atom stereocenters. The van der Waals surface area contributed by atoms with Crippen LogP contribution in [0.5, 0.6) is 0 Å². The molecule has 2 aromatic carbocycles. The molecule has 0 bridgehead atoms. The van der Waals surface area contributed by atoms with Crippen LogP contribution in [-0.4, -0.2) is 35.1 Å². The number of benzene rings is 2. The van der Waals surface area contributed by atoms with Crippen molar-refractivity contribution in [3.05, 3.63) is 59.4 Å². The predicted octanol–water partition coefficient (Wildman–Crippen LogP) is 3.35. The number of hydrogen-bond donors (Lipinski definition) is 1. The van der Waals surface area contributed by atoms with Gasteiger partial charge < -0.3 is 10.0 Å². The van der Waals surface area contributed by atoms with E-state index in [2.05, 4.69) is 0 Å². The number of aliphatic hydroxyl groups excluding tert-OH is 1. The fourth-order valence-corrected chi connectivity index (χ4v) is 3.22. The zero-order valence-electron chi connectivity index (χ0n) is 13.8. The number of rotatable bonds is 3. The minimum atomic E-state index is -0.543. The number of hydrogen-bond acceptors (Lipinski definition) is 3. The first-order valence-electron chi connectivity index (χ1n) is 8.36. The summed E-state index contributed by atoms with van der Waals surface area (Å²) in [6, 6.07) is 13.1. The highest BCUT2D eigenvalue weighted by atomic mass is 19.1. The Morgan fingerprint density at radius 2 is 1.92 bits per heavy atom. The third kappa shape index (κ3) is 3.54. The summed E-state index contributed by atoms with van der Waals surface area (Å²) >= 11 is 0. The van der Waals surface area contributed by atoms with Crippen LogP contribution >= 0.6 is 0 Å². The summed E-state index contributed by atoms with van der Waals surface area (Å²) < 4.78 is 13.4. The number of carbonyl (C=O) groups excluding carboxylic acids is 1. The first-order chi connectivity index (χ1) is 12.1. The number of halogens is 1. The molecule has 1 N–H and O–H groups in total. The molecule has 1 aliphatic rings. The zero-order chi connectivity index (χ0) is 17.8. The number of amides is 1. The third-order valence-electron chi connectivity index (χ3n) is 4.65. The summed E-state index contributed by atoms with van der Waals surface area (Å²) in [4.78, 5) is 14.4. The van der Waals surface area contributed by atoms with Gasteiger partial charge in [0.2, 0.25) is 0 Å². The molecule has 1 amide bonds. The molecule has 0 aliphatic carbocycles. The highest BCUT2D eigenvalue weighted by Crippen LogP contribution is 2.24. The smallest absolute Gasteiger partial charge is 0.254 e. The van der Waals surface area contributed by atoms with Crippen LogP contribution in [0.15, 0.2) is 42.5 Å². The van der Waals surface area contributed by atoms with Crippen LogP contribution in [-0.2, 0) is 0 Å². The lowest BCUT2D eigenvalue weighted by Crippen LogP contribution is -2.45. The van der Waals surface area contributed by atoms with E-state index in [1.54, 1.807) is 35.2 Å². The Bertz CT molecular complexity index is 811. The van der Waals surface area contributed by atoms with Gasteiger partial charge in [0.25, 0.3) is 5.91 Å². The molecule has 1 heterocycles. The Hall–Kier alpha value is -2.71. The van der Waals surface area contributed by atoms with Crippen LogP contribution in [0.1, 0.15) is 35.2 Å². The van der Waals surface area contributed by atoms with E-state index in [4.69, 9.17) is 5.26 Å². The highest BCUT2D eigenvalue weighted by molar-refractivity contribution is 5.95. The van der Waals surface area contributed by atoms with Crippen LogP contribution in [0.4, 0.5) is 4.39 Å². The molecule has 0 radical (unpaired) electrons. The van der Waals surface area contributed by atoms with Crippen molar-refractivity contribution in [1.29, 1.82) is 5.26 Å². The van der Waals surface area contributed by atoms with Gasteiger partial charge in [-0.05, 0) is 54.7 Å². The SMILES string of the molecule is N#Cc1cc(-c2ccc(C(=O)N3CCCC[C@@H]3CO)cc2)ccc1F. The zero-order valence-corrected chi connectivity index (χ0v) is 13.8. The molecule has 25 heavy (non-hydrogen) atoms. The second kappa shape index (κ2) is 7.45. The molecular weight excluding hydrogens is 319 g/mol. The first kappa shape index (κ1) is 17.1. The van der Waals surface area contributed by atoms with Crippen LogP contribution < -0.4 is 0 Å². The third-order valence-corrected chi connectivity index (χ3v) is 4.65. The summed E-state index contributed by atoms with van der Waals surface area (Å²) in [5.74, 6) is -0.625. The molecule has 2 aromatic rings. The predicted molar refractivity (Wildman–Crippen MR) is 92.3 cm³/mol. The number of nitrogens with zero attached hydrogens (tertiary/aromatic N) is 2. The Morgan fingerprint density at radius 3 is 2.60 bits per heavy atom. The second-order valence-electron chi connectivity index (χ2n) is 6.21. The monoisotopic (exact) mass is 338 g/mol. The lowest BCUT2D eigenvalue weighted by atomic mass is 9.99. The van der Waals surface area contributed by atoms with Gasteiger partial charge in [-0.25, -0.2) is 4.39 Å². The van der Waals surface area contributed by atoms with Gasteiger partial charge in [0.1, 0.15) is 11.9 Å². The van der Waals surface area contributed by atoms with Crippen LogP contribution in [0.3, 0.4) is 0 Å². The number of nitriles is 1. The molecule has 4 nitrogen and oxygen atoms in total. The average Bonchev–Trinajstić information content (AvgIpc) is 2.68. The Kier molecular flexibility index (Phi) is 5.11. The second-order valence-corrected chi connectivity index (χ2v) is 6.21. The molecule has 1 saturated heterocycles. The number of aliphatic hydroxyl groups is 1. The molecule has 5 heteroatoms. The van der Waals surface area contributed by atoms with E-state index in [-0.39, 0.29) is 24.1 Å². The van der Waals surface area contributed by atoms with E-state index in [1.165, 1.54) is 12.1 Å². The van der Waals surface area contributed by atoms with Gasteiger partial charge >= 0.3 is 0 Å². The summed E-state index contributed by atoms with van der Waals surface area (Å²) in [5, 5.41) is 18.4. The van der Waals surface area contributed by atoms with Gasteiger partial charge in [0, 0.05) is 12.1 Å². The normalized spacial score (nSPS) is 17.2. The Balaban J connectivity index is 1.82. The number of carbonyl (C=O) groups is 1.